The van der Waals surface area contributed by atoms with Crippen LogP contribution in [0.15, 0.2) is 63.5 Å². The first-order valence-corrected chi connectivity index (χ1v) is 11.1. The molecular weight excluding hydrogens is 398 g/mol. The second-order valence-electron chi connectivity index (χ2n) is 6.59. The average molecular weight is 418 g/mol. The lowest BCUT2D eigenvalue weighted by Gasteiger charge is -2.38. The van der Waals surface area contributed by atoms with E-state index in [0.717, 1.165) is 16.2 Å². The number of carbonyl (C=O) groups is 1. The van der Waals surface area contributed by atoms with Gasteiger partial charge in [0.1, 0.15) is 16.2 Å². The first-order chi connectivity index (χ1) is 13.5. The predicted molar refractivity (Wildman–Crippen MR) is 106 cm³/mol. The Morgan fingerprint density at radius 3 is 2.61 bits per heavy atom. The summed E-state index contributed by atoms with van der Waals surface area (Å²) in [6, 6.07) is 13.7. The van der Waals surface area contributed by atoms with E-state index in [1.54, 1.807) is 35.2 Å². The van der Waals surface area contributed by atoms with Crippen LogP contribution in [0.3, 0.4) is 0 Å². The molecule has 1 fully saturated rings. The Morgan fingerprint density at radius 1 is 1.14 bits per heavy atom. The molecule has 3 heterocycles. The van der Waals surface area contributed by atoms with Gasteiger partial charge in [0.25, 0.3) is 15.9 Å². The molecule has 9 heteroatoms. The number of aromatic nitrogens is 1. The number of benzene rings is 1. The number of nitrogens with zero attached hydrogens (tertiary/aromatic N) is 3. The highest BCUT2D eigenvalue weighted by Gasteiger charge is 2.36. The molecule has 0 N–H and O–H groups in total. The molecule has 1 aliphatic heterocycles. The summed E-state index contributed by atoms with van der Waals surface area (Å²) in [6.45, 7) is 2.81. The number of sulfonamides is 1. The zero-order valence-electron chi connectivity index (χ0n) is 15.2. The fourth-order valence-electron chi connectivity index (χ4n) is 3.30. The van der Waals surface area contributed by atoms with Gasteiger partial charge in [-0.15, -0.1) is 11.3 Å². The molecule has 4 rings (SSSR count). The maximum atomic E-state index is 13.1. The summed E-state index contributed by atoms with van der Waals surface area (Å²) in [5.41, 5.74) is 1.22. The van der Waals surface area contributed by atoms with Crippen LogP contribution in [-0.4, -0.2) is 54.4 Å². The Bertz CT molecular complexity index is 1060. The van der Waals surface area contributed by atoms with Crippen molar-refractivity contribution in [1.29, 1.82) is 0 Å². The lowest BCUT2D eigenvalue weighted by atomic mass is 10.1. The van der Waals surface area contributed by atoms with Crippen molar-refractivity contribution in [3.8, 4) is 10.6 Å². The molecule has 0 aliphatic carbocycles. The van der Waals surface area contributed by atoms with Crippen LogP contribution in [0, 0.1) is 0 Å². The van der Waals surface area contributed by atoms with Crippen LogP contribution in [0.4, 0.5) is 0 Å². The highest BCUT2D eigenvalue weighted by molar-refractivity contribution is 7.91. The van der Waals surface area contributed by atoms with Gasteiger partial charge in [-0.1, -0.05) is 23.4 Å². The van der Waals surface area contributed by atoms with Crippen molar-refractivity contribution in [1.82, 2.24) is 14.4 Å². The number of amides is 1. The molecule has 1 amide bonds. The molecule has 1 saturated heterocycles. The number of piperazine rings is 1. The molecule has 1 atom stereocenters. The average Bonchev–Trinajstić information content (AvgIpc) is 3.39. The number of hydrogen-bond acceptors (Lipinski definition) is 6. The smallest absolute Gasteiger partial charge is 0.253 e. The van der Waals surface area contributed by atoms with Crippen molar-refractivity contribution in [3.63, 3.8) is 0 Å². The number of rotatable bonds is 4. The summed E-state index contributed by atoms with van der Waals surface area (Å²) in [6.07, 6.45) is 1.45. The fourth-order valence-corrected chi connectivity index (χ4v) is 6.31. The molecule has 0 saturated carbocycles. The van der Waals surface area contributed by atoms with Gasteiger partial charge in [-0.2, -0.15) is 4.31 Å². The van der Waals surface area contributed by atoms with Crippen molar-refractivity contribution in [2.75, 3.05) is 19.6 Å². The van der Waals surface area contributed by atoms with Gasteiger partial charge in [-0.05, 0) is 31.2 Å². The molecule has 146 valence electrons. The maximum Gasteiger partial charge on any atom is 0.253 e. The minimum Gasteiger partial charge on any atom is -0.364 e. The van der Waals surface area contributed by atoms with Gasteiger partial charge in [0.05, 0.1) is 4.88 Å². The van der Waals surface area contributed by atoms with E-state index < -0.39 is 10.0 Å². The van der Waals surface area contributed by atoms with E-state index in [0.29, 0.717) is 24.3 Å². The van der Waals surface area contributed by atoms with Crippen LogP contribution in [0.5, 0.6) is 0 Å². The minimum absolute atomic E-state index is 0.0751. The van der Waals surface area contributed by atoms with Crippen LogP contribution >= 0.6 is 11.3 Å². The zero-order chi connectivity index (χ0) is 19.7. The van der Waals surface area contributed by atoms with E-state index in [1.807, 2.05) is 25.1 Å². The Labute approximate surface area is 167 Å². The molecule has 0 spiro atoms. The summed E-state index contributed by atoms with van der Waals surface area (Å²) in [5.74, 6) is -0.0751. The lowest BCUT2D eigenvalue weighted by Crippen LogP contribution is -2.55. The van der Waals surface area contributed by atoms with Gasteiger partial charge >= 0.3 is 0 Å². The third-order valence-corrected chi connectivity index (χ3v) is 8.30. The molecular formula is C19H19N3O4S2. The van der Waals surface area contributed by atoms with Gasteiger partial charge in [0.15, 0.2) is 0 Å². The van der Waals surface area contributed by atoms with Crippen molar-refractivity contribution < 1.29 is 17.7 Å². The molecule has 0 radical (unpaired) electrons. The molecule has 2 aromatic heterocycles. The van der Waals surface area contributed by atoms with Crippen LogP contribution < -0.4 is 0 Å². The molecule has 7 nitrogen and oxygen atoms in total. The molecule has 28 heavy (non-hydrogen) atoms. The highest BCUT2D eigenvalue weighted by atomic mass is 32.2. The van der Waals surface area contributed by atoms with E-state index in [4.69, 9.17) is 4.52 Å². The van der Waals surface area contributed by atoms with Gasteiger partial charge in [0, 0.05) is 37.3 Å². The van der Waals surface area contributed by atoms with E-state index in [9.17, 15) is 13.2 Å². The standard InChI is InChI=1S/C19H19N3O4S2/c1-14-13-21(19(23)15-5-3-2-4-6-15)10-11-22(14)28(24,25)18-8-7-17(27-18)16-9-12-26-20-16/h2-9,12,14H,10-11,13H2,1H3. The number of carbonyl (C=O) groups excluding carboxylic acids is 1. The third kappa shape index (κ3) is 3.48. The van der Waals surface area contributed by atoms with E-state index in [2.05, 4.69) is 5.16 Å². The van der Waals surface area contributed by atoms with Gasteiger partial charge < -0.3 is 9.42 Å². The van der Waals surface area contributed by atoms with Crippen LogP contribution in [-0.2, 0) is 10.0 Å². The first kappa shape index (κ1) is 18.9. The number of thiophene rings is 1. The molecule has 1 aliphatic rings. The molecule has 1 aromatic carbocycles. The minimum atomic E-state index is -3.64. The Hall–Kier alpha value is -2.49. The second kappa shape index (κ2) is 7.50. The van der Waals surface area contributed by atoms with Crippen molar-refractivity contribution in [2.45, 2.75) is 17.2 Å². The van der Waals surface area contributed by atoms with Crippen molar-refractivity contribution in [3.05, 3.63) is 60.4 Å². The lowest BCUT2D eigenvalue weighted by molar-refractivity contribution is 0.0642. The normalized spacial score (nSPS) is 18.3. The number of hydrogen-bond donors (Lipinski definition) is 0. The van der Waals surface area contributed by atoms with E-state index in [-0.39, 0.29) is 22.7 Å². The Kier molecular flexibility index (Phi) is 5.05. The summed E-state index contributed by atoms with van der Waals surface area (Å²) in [7, 11) is -3.64. The zero-order valence-corrected chi connectivity index (χ0v) is 16.8. The van der Waals surface area contributed by atoms with Gasteiger partial charge in [-0.25, -0.2) is 8.42 Å². The highest BCUT2D eigenvalue weighted by Crippen LogP contribution is 2.32. The Balaban J connectivity index is 1.50. The van der Waals surface area contributed by atoms with Crippen molar-refractivity contribution in [2.24, 2.45) is 0 Å². The van der Waals surface area contributed by atoms with E-state index >= 15 is 0 Å². The summed E-state index contributed by atoms with van der Waals surface area (Å²) >= 11 is 1.16. The van der Waals surface area contributed by atoms with Gasteiger partial charge in [0.2, 0.25) is 0 Å². The SMILES string of the molecule is CC1CN(C(=O)c2ccccc2)CCN1S(=O)(=O)c1ccc(-c2ccon2)s1. The summed E-state index contributed by atoms with van der Waals surface area (Å²) in [5, 5.41) is 3.85. The monoisotopic (exact) mass is 417 g/mol. The second-order valence-corrected chi connectivity index (χ2v) is 9.79. The molecule has 3 aromatic rings. The molecule has 1 unspecified atom stereocenters. The van der Waals surface area contributed by atoms with Crippen LogP contribution in [0.2, 0.25) is 0 Å². The maximum absolute atomic E-state index is 13.1. The largest absolute Gasteiger partial charge is 0.364 e. The predicted octanol–water partition coefficient (Wildman–Crippen LogP) is 2.94. The summed E-state index contributed by atoms with van der Waals surface area (Å²) < 4.78 is 32.8. The van der Waals surface area contributed by atoms with Gasteiger partial charge in [-0.3, -0.25) is 4.79 Å². The topological polar surface area (TPSA) is 83.7 Å². The Morgan fingerprint density at radius 2 is 1.93 bits per heavy atom. The summed E-state index contributed by atoms with van der Waals surface area (Å²) in [4.78, 5) is 15.1. The quantitative estimate of drug-likeness (QED) is 0.652. The molecule has 0 bridgehead atoms. The van der Waals surface area contributed by atoms with Crippen LogP contribution in [0.25, 0.3) is 10.6 Å². The third-order valence-electron chi connectivity index (χ3n) is 4.71. The first-order valence-electron chi connectivity index (χ1n) is 8.83. The fraction of sp³-hybridized carbons (Fsp3) is 0.263. The van der Waals surface area contributed by atoms with E-state index in [1.165, 1.54) is 10.6 Å². The van der Waals surface area contributed by atoms with Crippen molar-refractivity contribution >= 4 is 27.3 Å². The van der Waals surface area contributed by atoms with Crippen LogP contribution in [0.1, 0.15) is 17.3 Å².